The summed E-state index contributed by atoms with van der Waals surface area (Å²) in [5.41, 5.74) is 4.16. The molecule has 0 aliphatic carbocycles. The average Bonchev–Trinajstić information content (AvgIpc) is 3.56. The number of urea groups is 1. The molecule has 4 aromatic rings. The molecule has 43 heavy (non-hydrogen) atoms. The molecule has 4 N–H and O–H groups in total. The predicted octanol–water partition coefficient (Wildman–Crippen LogP) is 3.20. The minimum Gasteiger partial charge on any atom is -0.484 e. The molecule has 4 amide bonds. The van der Waals surface area contributed by atoms with Crippen molar-refractivity contribution in [1.29, 1.82) is 0 Å². The lowest BCUT2D eigenvalue weighted by Gasteiger charge is -2.29. The maximum atomic E-state index is 13.9. The van der Waals surface area contributed by atoms with Crippen LogP contribution in [0.25, 0.3) is 11.0 Å². The smallest absolute Gasteiger partial charge is 0.325 e. The second-order valence-electron chi connectivity index (χ2n) is 10.6. The number of nitrogens with one attached hydrogen (secondary N) is 2. The van der Waals surface area contributed by atoms with E-state index in [1.807, 2.05) is 62.4 Å². The van der Waals surface area contributed by atoms with E-state index in [0.29, 0.717) is 17.1 Å². The number of carbonyl (C=O) groups is 3. The normalized spacial score (nSPS) is 16.3. The highest BCUT2D eigenvalue weighted by molar-refractivity contribution is 6.05. The van der Waals surface area contributed by atoms with E-state index in [1.54, 1.807) is 24.3 Å². The molecule has 3 aromatic carbocycles. The number of nitrogens with zero attached hydrogens (tertiary/aromatic N) is 3. The van der Waals surface area contributed by atoms with Gasteiger partial charge in [-0.3, -0.25) is 14.5 Å². The van der Waals surface area contributed by atoms with Crippen LogP contribution in [0, 0.1) is 6.92 Å². The number of fused-ring (bicyclic) bond motifs is 1. The fraction of sp³-hybridized carbons (Fsp3) is 0.312. The lowest BCUT2D eigenvalue weighted by atomic mass is 9.91. The van der Waals surface area contributed by atoms with Crippen LogP contribution in [0.1, 0.15) is 47.4 Å². The average molecular weight is 586 g/mol. The molecule has 11 heteroatoms. The van der Waals surface area contributed by atoms with Crippen LogP contribution in [0.15, 0.2) is 72.8 Å². The monoisotopic (exact) mass is 585 g/mol. The number of ether oxygens (including phenoxy) is 1. The van der Waals surface area contributed by atoms with Crippen molar-refractivity contribution in [3.8, 4) is 5.75 Å². The summed E-state index contributed by atoms with van der Waals surface area (Å²) in [5, 5.41) is 21.1. The zero-order valence-electron chi connectivity index (χ0n) is 24.1. The third-order valence-corrected chi connectivity index (χ3v) is 7.65. The highest BCUT2D eigenvalue weighted by atomic mass is 16.5. The van der Waals surface area contributed by atoms with Crippen LogP contribution >= 0.6 is 0 Å². The summed E-state index contributed by atoms with van der Waals surface area (Å²) in [6.45, 7) is 3.44. The lowest BCUT2D eigenvalue weighted by Crippen LogP contribution is -2.38. The number of hydrogen-bond donors (Lipinski definition) is 4. The number of rotatable bonds is 12. The number of imidazole rings is 1. The molecule has 1 aromatic heterocycles. The first-order valence-corrected chi connectivity index (χ1v) is 14.2. The zero-order valence-corrected chi connectivity index (χ0v) is 24.1. The largest absolute Gasteiger partial charge is 0.484 e. The summed E-state index contributed by atoms with van der Waals surface area (Å²) < 4.78 is 5.59. The number of H-pyrrole nitrogens is 1. The van der Waals surface area contributed by atoms with Gasteiger partial charge in [-0.25, -0.2) is 9.78 Å². The van der Waals surface area contributed by atoms with Gasteiger partial charge in [-0.05, 0) is 47.9 Å². The molecule has 3 atom stereocenters. The van der Waals surface area contributed by atoms with Gasteiger partial charge in [-0.15, -0.1) is 0 Å². The van der Waals surface area contributed by atoms with Crippen molar-refractivity contribution in [3.05, 3.63) is 95.3 Å². The van der Waals surface area contributed by atoms with E-state index < -0.39 is 24.0 Å². The van der Waals surface area contributed by atoms with E-state index in [2.05, 4.69) is 10.3 Å². The van der Waals surface area contributed by atoms with Crippen LogP contribution in [0.4, 0.5) is 4.79 Å². The third kappa shape index (κ3) is 6.37. The Hall–Kier alpha value is -4.74. The van der Waals surface area contributed by atoms with Crippen LogP contribution < -0.4 is 10.1 Å². The van der Waals surface area contributed by atoms with Gasteiger partial charge in [0.1, 0.15) is 23.7 Å². The molecule has 5 rings (SSSR count). The molecular formula is C32H35N5O6. The molecule has 1 aliphatic rings. The molecular weight excluding hydrogens is 550 g/mol. The van der Waals surface area contributed by atoms with E-state index in [1.165, 1.54) is 9.80 Å². The molecule has 1 aliphatic heterocycles. The van der Waals surface area contributed by atoms with Gasteiger partial charge in [0.05, 0.1) is 24.2 Å². The van der Waals surface area contributed by atoms with Crippen molar-refractivity contribution in [1.82, 2.24) is 25.1 Å². The molecule has 0 spiro atoms. The number of hydrogen-bond acceptors (Lipinski definition) is 7. The topological polar surface area (TPSA) is 148 Å². The van der Waals surface area contributed by atoms with Crippen LogP contribution in [0.5, 0.6) is 5.75 Å². The Bertz CT molecular complexity index is 1580. The Kier molecular flexibility index (Phi) is 9.03. The standard InChI is InChI=1S/C32H35N5O6/c1-20-8-13-25-26(18-20)34-30(33-25)29(21(2)22-6-4-3-5-7-22)37-31(41)28(35-32(37)42)23-9-11-24(12-10-23)43-19-27(40)36(14-16-38)15-17-39/h3-13,18,21,28-29,38-39H,14-17,19H2,1-2H3,(H,33,34)(H,35,42)/t21?,28-,29?/m1/s1. The van der Waals surface area contributed by atoms with E-state index >= 15 is 0 Å². The number of aromatic amines is 1. The van der Waals surface area contributed by atoms with Crippen molar-refractivity contribution >= 4 is 28.9 Å². The predicted molar refractivity (Wildman–Crippen MR) is 159 cm³/mol. The van der Waals surface area contributed by atoms with E-state index in [-0.39, 0.29) is 44.7 Å². The summed E-state index contributed by atoms with van der Waals surface area (Å²) in [7, 11) is 0. The van der Waals surface area contributed by atoms with Crippen molar-refractivity contribution < 1.29 is 29.3 Å². The molecule has 1 fully saturated rings. The number of carbonyl (C=O) groups excluding carboxylic acids is 3. The van der Waals surface area contributed by atoms with Crippen LogP contribution in [0.3, 0.4) is 0 Å². The second kappa shape index (κ2) is 13.1. The number of aliphatic hydroxyl groups excluding tert-OH is 2. The zero-order chi connectivity index (χ0) is 30.5. The molecule has 2 heterocycles. The highest BCUT2D eigenvalue weighted by Gasteiger charge is 2.46. The minimum absolute atomic E-state index is 0.0965. The second-order valence-corrected chi connectivity index (χ2v) is 10.6. The van der Waals surface area contributed by atoms with Crippen molar-refractivity contribution in [3.63, 3.8) is 0 Å². The molecule has 224 valence electrons. The first-order valence-electron chi connectivity index (χ1n) is 14.2. The molecule has 0 saturated carbocycles. The van der Waals surface area contributed by atoms with Gasteiger partial charge in [0.15, 0.2) is 6.61 Å². The van der Waals surface area contributed by atoms with Crippen LogP contribution in [0.2, 0.25) is 0 Å². The van der Waals surface area contributed by atoms with Gasteiger partial charge < -0.3 is 30.2 Å². The minimum atomic E-state index is -0.912. The van der Waals surface area contributed by atoms with Crippen molar-refractivity contribution in [2.45, 2.75) is 31.8 Å². The summed E-state index contributed by atoms with van der Waals surface area (Å²) in [5.74, 6) is -0.124. The maximum absolute atomic E-state index is 13.9. The Balaban J connectivity index is 1.37. The molecule has 11 nitrogen and oxygen atoms in total. The fourth-order valence-corrected chi connectivity index (χ4v) is 5.38. The number of imide groups is 1. The number of aromatic nitrogens is 2. The molecule has 0 radical (unpaired) electrons. The van der Waals surface area contributed by atoms with Crippen LogP contribution in [-0.2, 0) is 9.59 Å². The Labute approximate surface area is 249 Å². The molecule has 1 saturated heterocycles. The van der Waals surface area contributed by atoms with Crippen molar-refractivity contribution in [2.24, 2.45) is 0 Å². The van der Waals surface area contributed by atoms with E-state index in [4.69, 9.17) is 19.9 Å². The molecule has 0 bridgehead atoms. The van der Waals surface area contributed by atoms with E-state index in [0.717, 1.165) is 22.2 Å². The summed E-state index contributed by atoms with van der Waals surface area (Å²) in [4.78, 5) is 50.4. The van der Waals surface area contributed by atoms with Crippen LogP contribution in [-0.4, -0.2) is 80.7 Å². The SMILES string of the molecule is Cc1ccc2nc(C(C(C)c3ccccc3)N3C(=O)N[C@H](c4ccc(OCC(=O)N(CCO)CCO)cc4)C3=O)[nH]c2c1. The maximum Gasteiger partial charge on any atom is 0.325 e. The Morgan fingerprint density at radius 1 is 1.02 bits per heavy atom. The number of benzene rings is 3. The van der Waals surface area contributed by atoms with Gasteiger partial charge in [-0.2, -0.15) is 0 Å². The van der Waals surface area contributed by atoms with Gasteiger partial charge >= 0.3 is 6.03 Å². The highest BCUT2D eigenvalue weighted by Crippen LogP contribution is 2.39. The van der Waals surface area contributed by atoms with Gasteiger partial charge in [0.25, 0.3) is 11.8 Å². The first kappa shape index (κ1) is 29.7. The number of aliphatic hydroxyl groups is 2. The third-order valence-electron chi connectivity index (χ3n) is 7.65. The summed E-state index contributed by atoms with van der Waals surface area (Å²) >= 11 is 0. The number of amides is 4. The lowest BCUT2D eigenvalue weighted by molar-refractivity contribution is -0.134. The summed E-state index contributed by atoms with van der Waals surface area (Å²) in [6, 6.07) is 20.0. The summed E-state index contributed by atoms with van der Waals surface area (Å²) in [6.07, 6.45) is 0. The Morgan fingerprint density at radius 3 is 2.40 bits per heavy atom. The Morgan fingerprint density at radius 2 is 1.72 bits per heavy atom. The molecule has 2 unspecified atom stereocenters. The fourth-order valence-electron chi connectivity index (χ4n) is 5.38. The quantitative estimate of drug-likeness (QED) is 0.187. The van der Waals surface area contributed by atoms with Crippen molar-refractivity contribution in [2.75, 3.05) is 32.9 Å². The first-order chi connectivity index (χ1) is 20.8. The van der Waals surface area contributed by atoms with E-state index in [9.17, 15) is 14.4 Å². The van der Waals surface area contributed by atoms with Gasteiger partial charge in [-0.1, -0.05) is 55.5 Å². The van der Waals surface area contributed by atoms with Gasteiger partial charge in [0, 0.05) is 19.0 Å². The number of aryl methyl sites for hydroxylation is 1. The van der Waals surface area contributed by atoms with Gasteiger partial charge in [0.2, 0.25) is 0 Å².